The molecule has 4 heteroatoms. The molecule has 1 heterocycles. The van der Waals surface area contributed by atoms with Gasteiger partial charge in [-0.3, -0.25) is 0 Å². The summed E-state index contributed by atoms with van der Waals surface area (Å²) in [6, 6.07) is 4.61. The Morgan fingerprint density at radius 3 is 2.35 bits per heavy atom. The number of hydrogen-bond acceptors (Lipinski definition) is 1. The van der Waals surface area contributed by atoms with Crippen LogP contribution in [0.3, 0.4) is 0 Å². The van der Waals surface area contributed by atoms with E-state index in [2.05, 4.69) is 0 Å². The zero-order chi connectivity index (χ0) is 13.1. The van der Waals surface area contributed by atoms with Crippen molar-refractivity contribution < 1.29 is 13.2 Å². The number of anilines is 1. The smallest absolute Gasteiger partial charge is 0.266 e. The van der Waals surface area contributed by atoms with Crippen molar-refractivity contribution in [2.24, 2.45) is 0 Å². The first-order chi connectivity index (χ1) is 7.98. The molecule has 0 aliphatic carbocycles. The highest BCUT2D eigenvalue weighted by Gasteiger charge is 2.38. The van der Waals surface area contributed by atoms with Gasteiger partial charge in [0.25, 0.3) is 5.92 Å². The molecule has 0 unspecified atom stereocenters. The largest absolute Gasteiger partial charge is 0.365 e. The summed E-state index contributed by atoms with van der Waals surface area (Å²) < 4.78 is 39.1. The first-order valence-corrected chi connectivity index (χ1v) is 5.87. The van der Waals surface area contributed by atoms with Gasteiger partial charge in [-0.2, -0.15) is 0 Å². The Morgan fingerprint density at radius 2 is 1.88 bits per heavy atom. The number of benzene rings is 1. The van der Waals surface area contributed by atoms with Gasteiger partial charge in [-0.05, 0) is 24.6 Å². The van der Waals surface area contributed by atoms with Crippen LogP contribution < -0.4 is 4.90 Å². The summed E-state index contributed by atoms with van der Waals surface area (Å²) in [5.41, 5.74) is 1.07. The predicted octanol–water partition coefficient (Wildman–Crippen LogP) is 4.01. The molecule has 0 spiro atoms. The van der Waals surface area contributed by atoms with Crippen molar-refractivity contribution in [3.8, 4) is 0 Å². The van der Waals surface area contributed by atoms with Gasteiger partial charge in [-0.1, -0.05) is 19.9 Å². The molecule has 1 aromatic rings. The molecule has 0 amide bonds. The van der Waals surface area contributed by atoms with Crippen molar-refractivity contribution in [2.75, 3.05) is 18.0 Å². The van der Waals surface area contributed by atoms with Crippen LogP contribution in [0.4, 0.5) is 18.9 Å². The lowest BCUT2D eigenvalue weighted by Gasteiger charge is -2.18. The summed E-state index contributed by atoms with van der Waals surface area (Å²) in [6.45, 7) is 5.63. The Labute approximate surface area is 100 Å². The van der Waals surface area contributed by atoms with Crippen LogP contribution in [-0.2, 0) is 0 Å². The van der Waals surface area contributed by atoms with Crippen LogP contribution in [0, 0.1) is 12.7 Å². The van der Waals surface area contributed by atoms with Crippen LogP contribution in [0.25, 0.3) is 0 Å². The van der Waals surface area contributed by atoms with Gasteiger partial charge >= 0.3 is 0 Å². The molecule has 1 nitrogen and oxygen atoms in total. The quantitative estimate of drug-likeness (QED) is 0.722. The van der Waals surface area contributed by atoms with Crippen molar-refractivity contribution >= 4 is 5.69 Å². The van der Waals surface area contributed by atoms with E-state index >= 15 is 0 Å². The number of nitrogens with zero attached hydrogens (tertiary/aromatic N) is 1. The van der Waals surface area contributed by atoms with Crippen LogP contribution in [-0.4, -0.2) is 19.0 Å². The summed E-state index contributed by atoms with van der Waals surface area (Å²) >= 11 is 0. The minimum Gasteiger partial charge on any atom is -0.365 e. The van der Waals surface area contributed by atoms with Crippen LogP contribution in [0.5, 0.6) is 0 Å². The number of halogens is 3. The van der Waals surface area contributed by atoms with Gasteiger partial charge in [0, 0.05) is 18.7 Å². The summed E-state index contributed by atoms with van der Waals surface area (Å²) in [6.07, 6.45) is -0.150. The lowest BCUT2D eigenvalue weighted by molar-refractivity contribution is 0.0257. The molecule has 1 saturated heterocycles. The molecule has 1 aliphatic heterocycles. The van der Waals surface area contributed by atoms with E-state index in [0.717, 1.165) is 0 Å². The van der Waals surface area contributed by atoms with Gasteiger partial charge in [0.2, 0.25) is 0 Å². The molecule has 0 bridgehead atoms. The van der Waals surface area contributed by atoms with E-state index in [0.29, 0.717) is 11.3 Å². The molecular weight excluding hydrogens is 227 g/mol. The third kappa shape index (κ3) is 3.38. The van der Waals surface area contributed by atoms with E-state index in [-0.39, 0.29) is 25.3 Å². The standard InChI is InChI=1S/C11H12F3N.C2H6/c1-8-2-3-9(6-10(8)12)15-5-4-11(13,14)7-15;1-2/h2-3,6H,4-5,7H2,1H3;1-2H3. The zero-order valence-corrected chi connectivity index (χ0v) is 10.4. The molecule has 96 valence electrons. The van der Waals surface area contributed by atoms with Crippen molar-refractivity contribution in [3.63, 3.8) is 0 Å². The van der Waals surface area contributed by atoms with E-state index in [1.54, 1.807) is 19.1 Å². The predicted molar refractivity (Wildman–Crippen MR) is 64.3 cm³/mol. The molecule has 0 N–H and O–H groups in total. The molecule has 1 aromatic carbocycles. The number of rotatable bonds is 1. The molecule has 17 heavy (non-hydrogen) atoms. The summed E-state index contributed by atoms with van der Waals surface area (Å²) in [7, 11) is 0. The summed E-state index contributed by atoms with van der Waals surface area (Å²) in [4.78, 5) is 1.52. The van der Waals surface area contributed by atoms with E-state index in [4.69, 9.17) is 0 Å². The normalized spacial score (nSPS) is 17.6. The topological polar surface area (TPSA) is 3.24 Å². The minimum atomic E-state index is -2.64. The van der Waals surface area contributed by atoms with E-state index < -0.39 is 5.92 Å². The zero-order valence-electron chi connectivity index (χ0n) is 10.4. The Morgan fingerprint density at radius 1 is 1.24 bits per heavy atom. The fourth-order valence-electron chi connectivity index (χ4n) is 1.73. The third-order valence-corrected chi connectivity index (χ3v) is 2.69. The van der Waals surface area contributed by atoms with E-state index in [1.165, 1.54) is 11.0 Å². The average Bonchev–Trinajstić information content (AvgIpc) is 2.66. The van der Waals surface area contributed by atoms with Gasteiger partial charge in [0.1, 0.15) is 5.82 Å². The second kappa shape index (κ2) is 5.43. The maximum Gasteiger partial charge on any atom is 0.266 e. The monoisotopic (exact) mass is 245 g/mol. The van der Waals surface area contributed by atoms with Crippen molar-refractivity contribution in [1.29, 1.82) is 0 Å². The van der Waals surface area contributed by atoms with E-state index in [1.807, 2.05) is 13.8 Å². The van der Waals surface area contributed by atoms with Crippen molar-refractivity contribution in [3.05, 3.63) is 29.6 Å². The minimum absolute atomic E-state index is 0.150. The SMILES string of the molecule is CC.Cc1ccc(N2CCC(F)(F)C2)cc1F. The Balaban J connectivity index is 0.000000686. The first-order valence-electron chi connectivity index (χ1n) is 5.87. The van der Waals surface area contributed by atoms with Gasteiger partial charge in [0.15, 0.2) is 0 Å². The Hall–Kier alpha value is -1.19. The van der Waals surface area contributed by atoms with Gasteiger partial charge in [0.05, 0.1) is 6.54 Å². The number of hydrogen-bond donors (Lipinski definition) is 0. The lowest BCUT2D eigenvalue weighted by Crippen LogP contribution is -2.24. The van der Waals surface area contributed by atoms with Crippen LogP contribution in [0.2, 0.25) is 0 Å². The van der Waals surface area contributed by atoms with Crippen LogP contribution >= 0.6 is 0 Å². The highest BCUT2D eigenvalue weighted by Crippen LogP contribution is 2.31. The van der Waals surface area contributed by atoms with Gasteiger partial charge in [-0.25, -0.2) is 13.2 Å². The second-order valence-corrected chi connectivity index (χ2v) is 3.96. The molecular formula is C13H18F3N. The third-order valence-electron chi connectivity index (χ3n) is 2.69. The molecule has 1 fully saturated rings. The molecule has 0 aromatic heterocycles. The first kappa shape index (κ1) is 13.9. The van der Waals surface area contributed by atoms with Crippen molar-refractivity contribution in [2.45, 2.75) is 33.1 Å². The average molecular weight is 245 g/mol. The maximum atomic E-state index is 13.2. The Bertz CT molecular complexity index is 377. The van der Waals surface area contributed by atoms with E-state index in [9.17, 15) is 13.2 Å². The fourth-order valence-corrected chi connectivity index (χ4v) is 1.73. The second-order valence-electron chi connectivity index (χ2n) is 3.96. The Kier molecular flexibility index (Phi) is 4.43. The highest BCUT2D eigenvalue weighted by atomic mass is 19.3. The molecule has 1 aliphatic rings. The maximum absolute atomic E-state index is 13.2. The fraction of sp³-hybridized carbons (Fsp3) is 0.538. The number of aryl methyl sites for hydroxylation is 1. The molecule has 2 rings (SSSR count). The number of alkyl halides is 2. The highest BCUT2D eigenvalue weighted by molar-refractivity contribution is 5.49. The van der Waals surface area contributed by atoms with Gasteiger partial charge in [-0.15, -0.1) is 0 Å². The summed E-state index contributed by atoms with van der Waals surface area (Å²) in [5.74, 6) is -2.98. The molecule has 0 radical (unpaired) electrons. The van der Waals surface area contributed by atoms with Crippen molar-refractivity contribution in [1.82, 2.24) is 0 Å². The summed E-state index contributed by atoms with van der Waals surface area (Å²) in [5, 5.41) is 0. The van der Waals surface area contributed by atoms with Crippen LogP contribution in [0.15, 0.2) is 18.2 Å². The van der Waals surface area contributed by atoms with Gasteiger partial charge < -0.3 is 4.90 Å². The molecule has 0 saturated carbocycles. The van der Waals surface area contributed by atoms with Crippen LogP contribution in [0.1, 0.15) is 25.8 Å². The molecule has 0 atom stereocenters. The lowest BCUT2D eigenvalue weighted by atomic mass is 10.2.